The summed E-state index contributed by atoms with van der Waals surface area (Å²) in [6.07, 6.45) is 0. The monoisotopic (exact) mass is 851 g/mol. The van der Waals surface area contributed by atoms with Gasteiger partial charge in [0.2, 0.25) is 0 Å². The summed E-state index contributed by atoms with van der Waals surface area (Å²) in [7, 11) is 0. The first kappa shape index (κ1) is 37.6. The van der Waals surface area contributed by atoms with E-state index >= 15 is 0 Å². The quantitative estimate of drug-likeness (QED) is 0.166. The molecule has 0 amide bonds. The van der Waals surface area contributed by atoms with Gasteiger partial charge in [-0.15, -0.1) is 0 Å². The molecule has 0 bridgehead atoms. The van der Waals surface area contributed by atoms with E-state index in [1.807, 2.05) is 0 Å². The third-order valence-electron chi connectivity index (χ3n) is 14.5. The molecule has 14 rings (SSSR count). The van der Waals surface area contributed by atoms with E-state index in [4.69, 9.17) is 4.42 Å². The lowest BCUT2D eigenvalue weighted by atomic mass is 9.70. The average Bonchev–Trinajstić information content (AvgIpc) is 4.02. The van der Waals surface area contributed by atoms with E-state index in [0.717, 1.165) is 50.1 Å². The number of furan rings is 1. The van der Waals surface area contributed by atoms with Gasteiger partial charge in [0, 0.05) is 39.5 Å². The van der Waals surface area contributed by atoms with Crippen molar-refractivity contribution < 1.29 is 4.42 Å². The van der Waals surface area contributed by atoms with Crippen LogP contribution in [0.3, 0.4) is 0 Å². The highest BCUT2D eigenvalue weighted by Gasteiger charge is 2.51. The Bertz CT molecular complexity index is 3840. The molecule has 1 aromatic heterocycles. The maximum atomic E-state index is 7.14. The van der Waals surface area contributed by atoms with Gasteiger partial charge in [0.1, 0.15) is 11.2 Å². The van der Waals surface area contributed by atoms with Crippen LogP contribution in [0.1, 0.15) is 22.3 Å². The van der Waals surface area contributed by atoms with Gasteiger partial charge < -0.3 is 9.32 Å². The first-order chi connectivity index (χ1) is 33.2. The van der Waals surface area contributed by atoms with Crippen LogP contribution >= 0.6 is 0 Å². The number of hydrogen-bond donors (Lipinski definition) is 0. The topological polar surface area (TPSA) is 16.4 Å². The minimum absolute atomic E-state index is 0.460. The molecule has 0 radical (unpaired) electrons. The summed E-state index contributed by atoms with van der Waals surface area (Å²) in [5.74, 6) is 0. The van der Waals surface area contributed by atoms with Crippen molar-refractivity contribution in [1.82, 2.24) is 0 Å². The zero-order chi connectivity index (χ0) is 44.1. The Morgan fingerprint density at radius 3 is 1.39 bits per heavy atom. The highest BCUT2D eigenvalue weighted by Crippen LogP contribution is 2.63. The lowest BCUT2D eigenvalue weighted by molar-refractivity contribution is 0.670. The summed E-state index contributed by atoms with van der Waals surface area (Å²) in [6, 6.07) is 91.1. The van der Waals surface area contributed by atoms with Crippen LogP contribution in [0.2, 0.25) is 0 Å². The third kappa shape index (κ3) is 5.57. The summed E-state index contributed by atoms with van der Waals surface area (Å²) in [5, 5.41) is 4.56. The van der Waals surface area contributed by atoms with E-state index in [-0.39, 0.29) is 0 Å². The molecule has 0 aliphatic heterocycles. The molecule has 1 heterocycles. The van der Waals surface area contributed by atoms with Crippen molar-refractivity contribution in [2.45, 2.75) is 5.41 Å². The molecule has 312 valence electrons. The second-order valence-electron chi connectivity index (χ2n) is 17.9. The fraction of sp³-hybridized carbons (Fsp3) is 0.0154. The van der Waals surface area contributed by atoms with Crippen LogP contribution in [0, 0.1) is 0 Å². The van der Waals surface area contributed by atoms with E-state index in [0.29, 0.717) is 0 Å². The zero-order valence-corrected chi connectivity index (χ0v) is 36.5. The molecule has 0 N–H and O–H groups in total. The Balaban J connectivity index is 0.976. The van der Waals surface area contributed by atoms with E-state index in [1.54, 1.807) is 0 Å². The van der Waals surface area contributed by atoms with Crippen LogP contribution < -0.4 is 4.90 Å². The molecule has 0 atom stereocenters. The number of nitrogens with zero attached hydrogens (tertiary/aromatic N) is 1. The summed E-state index contributed by atoms with van der Waals surface area (Å²) >= 11 is 0. The summed E-state index contributed by atoms with van der Waals surface area (Å²) < 4.78 is 7.14. The molecule has 12 aromatic rings. The molecule has 0 saturated carbocycles. The van der Waals surface area contributed by atoms with Gasteiger partial charge >= 0.3 is 0 Å². The molecule has 0 unspecified atom stereocenters. The summed E-state index contributed by atoms with van der Waals surface area (Å²) in [5.41, 5.74) is 21.9. The molecule has 0 saturated heterocycles. The standard InChI is InChI=1S/C65H41NO/c1-3-15-42(16-4-1)44-27-29-46(30-28-44)63-51-20-8-7-19-47(51)39-57-56-38-36-50(41-62(56)67-64(57)63)66(48-33-31-45(32-34-48)43-17-5-2-6-18-43)49-35-37-55-54-23-11-14-26-60(54)65(61(55)40-49)58-24-12-9-21-52(58)53-22-10-13-25-59(53)65/h1-41H. The minimum Gasteiger partial charge on any atom is -0.455 e. The van der Waals surface area contributed by atoms with Gasteiger partial charge in [-0.05, 0) is 126 Å². The van der Waals surface area contributed by atoms with Crippen molar-refractivity contribution in [3.8, 4) is 55.6 Å². The summed E-state index contributed by atoms with van der Waals surface area (Å²) in [6.45, 7) is 0. The van der Waals surface area contributed by atoms with E-state index in [9.17, 15) is 0 Å². The van der Waals surface area contributed by atoms with Crippen LogP contribution in [0.5, 0.6) is 0 Å². The lowest BCUT2D eigenvalue weighted by Gasteiger charge is -2.32. The van der Waals surface area contributed by atoms with Gasteiger partial charge in [0.05, 0.1) is 5.41 Å². The molecule has 67 heavy (non-hydrogen) atoms. The van der Waals surface area contributed by atoms with Gasteiger partial charge in [0.15, 0.2) is 0 Å². The number of hydrogen-bond acceptors (Lipinski definition) is 2. The van der Waals surface area contributed by atoms with Gasteiger partial charge in [-0.1, -0.05) is 200 Å². The Morgan fingerprint density at radius 2 is 0.761 bits per heavy atom. The molecule has 2 nitrogen and oxygen atoms in total. The van der Waals surface area contributed by atoms with Crippen LogP contribution in [-0.2, 0) is 5.41 Å². The normalized spacial score (nSPS) is 12.9. The van der Waals surface area contributed by atoms with Crippen molar-refractivity contribution in [3.63, 3.8) is 0 Å². The van der Waals surface area contributed by atoms with Gasteiger partial charge in [-0.25, -0.2) is 0 Å². The van der Waals surface area contributed by atoms with Crippen molar-refractivity contribution in [3.05, 3.63) is 271 Å². The van der Waals surface area contributed by atoms with Crippen molar-refractivity contribution in [2.24, 2.45) is 0 Å². The largest absolute Gasteiger partial charge is 0.455 e. The zero-order valence-electron chi connectivity index (χ0n) is 36.5. The van der Waals surface area contributed by atoms with Crippen molar-refractivity contribution in [2.75, 3.05) is 4.90 Å². The molecule has 2 aliphatic carbocycles. The minimum atomic E-state index is -0.460. The second kappa shape index (κ2) is 14.7. The maximum absolute atomic E-state index is 7.14. The Morgan fingerprint density at radius 1 is 0.299 bits per heavy atom. The van der Waals surface area contributed by atoms with E-state index in [2.05, 4.69) is 254 Å². The maximum Gasteiger partial charge on any atom is 0.143 e. The number of anilines is 3. The molecule has 2 aliphatic rings. The third-order valence-corrected chi connectivity index (χ3v) is 14.5. The number of benzene rings is 11. The van der Waals surface area contributed by atoms with Gasteiger partial charge in [0.25, 0.3) is 0 Å². The molecular formula is C65H41NO. The summed E-state index contributed by atoms with van der Waals surface area (Å²) in [4.78, 5) is 2.41. The number of rotatable bonds is 6. The van der Waals surface area contributed by atoms with Crippen molar-refractivity contribution >= 4 is 49.8 Å². The first-order valence-corrected chi connectivity index (χ1v) is 23.2. The molecule has 11 aromatic carbocycles. The smallest absolute Gasteiger partial charge is 0.143 e. The highest BCUT2D eigenvalue weighted by atomic mass is 16.3. The number of fused-ring (bicyclic) bond motifs is 14. The van der Waals surface area contributed by atoms with E-state index < -0.39 is 5.41 Å². The van der Waals surface area contributed by atoms with Gasteiger partial charge in [-0.3, -0.25) is 0 Å². The Kier molecular flexibility index (Phi) is 8.23. The lowest BCUT2D eigenvalue weighted by Crippen LogP contribution is -2.26. The van der Waals surface area contributed by atoms with E-state index in [1.165, 1.54) is 77.5 Å². The second-order valence-corrected chi connectivity index (χ2v) is 17.9. The predicted octanol–water partition coefficient (Wildman–Crippen LogP) is 17.6. The van der Waals surface area contributed by atoms with Crippen molar-refractivity contribution in [1.29, 1.82) is 0 Å². The fourth-order valence-corrected chi connectivity index (χ4v) is 11.6. The molecule has 1 spiro atoms. The first-order valence-electron chi connectivity index (χ1n) is 23.2. The highest BCUT2D eigenvalue weighted by molar-refractivity contribution is 6.18. The fourth-order valence-electron chi connectivity index (χ4n) is 11.6. The van der Waals surface area contributed by atoms with Crippen LogP contribution in [0.25, 0.3) is 88.3 Å². The predicted molar refractivity (Wildman–Crippen MR) is 279 cm³/mol. The van der Waals surface area contributed by atoms with Crippen LogP contribution in [0.15, 0.2) is 253 Å². The molecule has 2 heteroatoms. The van der Waals surface area contributed by atoms with Crippen LogP contribution in [-0.4, -0.2) is 0 Å². The Labute approximate surface area is 389 Å². The Hall–Kier alpha value is -8.72. The molecule has 0 fully saturated rings. The SMILES string of the molecule is c1ccc(-c2ccc(-c3c4ccccc4cc4c3oc3cc(N(c5ccc(-c6ccccc6)cc5)c5ccc6c(c5)C5(c7ccccc7-c7ccccc75)c5ccccc5-6)ccc34)cc2)cc1. The van der Waals surface area contributed by atoms with Crippen LogP contribution in [0.4, 0.5) is 17.1 Å². The van der Waals surface area contributed by atoms with Gasteiger partial charge in [-0.2, -0.15) is 0 Å². The molecular weight excluding hydrogens is 811 g/mol. The average molecular weight is 852 g/mol.